The predicted molar refractivity (Wildman–Crippen MR) is 151 cm³/mol. The zero-order chi connectivity index (χ0) is 28.4. The molecule has 37 heavy (non-hydrogen) atoms. The molecule has 0 saturated heterocycles. The molecule has 2 N–H and O–H groups in total. The van der Waals surface area contributed by atoms with E-state index in [1.54, 1.807) is 31.7 Å². The van der Waals surface area contributed by atoms with E-state index in [0.717, 1.165) is 31.2 Å². The monoisotopic (exact) mass is 515 g/mol. The lowest BCUT2D eigenvalue weighted by atomic mass is 9.96. The van der Waals surface area contributed by atoms with Crippen LogP contribution in [0.5, 0.6) is 0 Å². The Labute approximate surface area is 224 Å². The summed E-state index contributed by atoms with van der Waals surface area (Å²) in [6.45, 7) is 21.2. The number of nitrogens with one attached hydrogen (secondary N) is 2. The molecule has 0 fully saturated rings. The van der Waals surface area contributed by atoms with Gasteiger partial charge in [0.1, 0.15) is 17.7 Å². The molecule has 2 atom stereocenters. The predicted octanol–water partition coefficient (Wildman–Crippen LogP) is 6.24. The molecule has 3 amide bonds. The molecule has 7 heteroatoms. The van der Waals surface area contributed by atoms with Gasteiger partial charge in [0.25, 0.3) is 0 Å². The van der Waals surface area contributed by atoms with Crippen LogP contribution in [-0.2, 0) is 14.3 Å². The van der Waals surface area contributed by atoms with E-state index in [2.05, 4.69) is 24.1 Å². The van der Waals surface area contributed by atoms with Crippen molar-refractivity contribution in [1.82, 2.24) is 15.5 Å². The number of carbonyl (C=O) groups excluding carboxylic acids is 3. The van der Waals surface area contributed by atoms with E-state index in [4.69, 9.17) is 4.74 Å². The van der Waals surface area contributed by atoms with Gasteiger partial charge in [-0.2, -0.15) is 0 Å². The molecule has 1 rings (SSSR count). The van der Waals surface area contributed by atoms with Gasteiger partial charge in [0.15, 0.2) is 0 Å². The Morgan fingerprint density at radius 1 is 1.05 bits per heavy atom. The average Bonchev–Trinajstić information content (AvgIpc) is 2.76. The Hall–Kier alpha value is -2.83. The molecule has 2 unspecified atom stereocenters. The van der Waals surface area contributed by atoms with Gasteiger partial charge >= 0.3 is 6.09 Å². The molecule has 0 heterocycles. The molecule has 1 aromatic rings. The smallest absolute Gasteiger partial charge is 0.408 e. The van der Waals surface area contributed by atoms with E-state index < -0.39 is 29.3 Å². The zero-order valence-electron chi connectivity index (χ0n) is 24.4. The van der Waals surface area contributed by atoms with Crippen molar-refractivity contribution in [2.24, 2.45) is 5.92 Å². The number of amides is 3. The third-order valence-electron chi connectivity index (χ3n) is 5.66. The van der Waals surface area contributed by atoms with Crippen molar-refractivity contribution in [2.75, 3.05) is 6.54 Å². The highest BCUT2D eigenvalue weighted by Crippen LogP contribution is 2.27. The van der Waals surface area contributed by atoms with Crippen molar-refractivity contribution in [2.45, 2.75) is 111 Å². The van der Waals surface area contributed by atoms with Gasteiger partial charge in [-0.3, -0.25) is 9.59 Å². The first-order valence-corrected chi connectivity index (χ1v) is 13.4. The van der Waals surface area contributed by atoms with Gasteiger partial charge in [0.05, 0.1) is 0 Å². The highest BCUT2D eigenvalue weighted by molar-refractivity contribution is 5.92. The van der Waals surface area contributed by atoms with Crippen LogP contribution in [-0.4, -0.2) is 46.5 Å². The van der Waals surface area contributed by atoms with Crippen LogP contribution in [0.4, 0.5) is 4.79 Å². The second-order valence-corrected chi connectivity index (χ2v) is 12.0. The molecule has 0 saturated carbocycles. The number of ether oxygens (including phenoxy) is 1. The fraction of sp³-hybridized carbons (Fsp3) is 0.633. The van der Waals surface area contributed by atoms with Crippen molar-refractivity contribution in [3.8, 4) is 0 Å². The first-order valence-electron chi connectivity index (χ1n) is 13.4. The molecule has 0 radical (unpaired) electrons. The van der Waals surface area contributed by atoms with E-state index in [0.29, 0.717) is 12.1 Å². The van der Waals surface area contributed by atoms with Crippen molar-refractivity contribution >= 4 is 24.0 Å². The fourth-order valence-corrected chi connectivity index (χ4v) is 3.97. The van der Waals surface area contributed by atoms with Gasteiger partial charge in [0.2, 0.25) is 11.8 Å². The first-order chi connectivity index (χ1) is 17.1. The molecule has 7 nitrogen and oxygen atoms in total. The fourth-order valence-electron chi connectivity index (χ4n) is 3.97. The minimum Gasteiger partial charge on any atom is -0.444 e. The van der Waals surface area contributed by atoms with Crippen molar-refractivity contribution < 1.29 is 19.1 Å². The van der Waals surface area contributed by atoms with Gasteiger partial charge in [0, 0.05) is 12.1 Å². The summed E-state index contributed by atoms with van der Waals surface area (Å²) < 4.78 is 5.44. The minimum absolute atomic E-state index is 0.219. The van der Waals surface area contributed by atoms with Crippen LogP contribution in [0, 0.1) is 5.92 Å². The van der Waals surface area contributed by atoms with E-state index in [-0.39, 0.29) is 17.7 Å². The van der Waals surface area contributed by atoms with E-state index in [1.165, 1.54) is 0 Å². The van der Waals surface area contributed by atoms with Gasteiger partial charge < -0.3 is 20.3 Å². The number of hydrogen-bond donors (Lipinski definition) is 2. The summed E-state index contributed by atoms with van der Waals surface area (Å²) in [6, 6.07) is 5.80. The van der Waals surface area contributed by atoms with Crippen LogP contribution in [0.15, 0.2) is 30.8 Å². The van der Waals surface area contributed by atoms with E-state index in [9.17, 15) is 14.4 Å². The standard InChI is InChI=1S/C30H49N3O4/c1-11-13-14-15-19-33(27(35)24(21(3)4)31-28(36)37-30(8,9)10)25(26(34)32-29(5,6)7)23-18-16-17-22(12-2)20-23/h12,16-18,20-21,24-25H,2,11,13-15,19H2,1,3-10H3,(H,31,36)(H,32,34). The highest BCUT2D eigenvalue weighted by Gasteiger charge is 2.38. The van der Waals surface area contributed by atoms with Crippen LogP contribution in [0.1, 0.15) is 105 Å². The average molecular weight is 516 g/mol. The lowest BCUT2D eigenvalue weighted by molar-refractivity contribution is -0.144. The molecular weight excluding hydrogens is 466 g/mol. The van der Waals surface area contributed by atoms with Crippen LogP contribution in [0.3, 0.4) is 0 Å². The van der Waals surface area contributed by atoms with Crippen molar-refractivity contribution in [3.05, 3.63) is 42.0 Å². The van der Waals surface area contributed by atoms with Crippen LogP contribution in [0.25, 0.3) is 6.08 Å². The second kappa shape index (κ2) is 14.2. The molecule has 0 aliphatic rings. The maximum Gasteiger partial charge on any atom is 0.408 e. The van der Waals surface area contributed by atoms with Gasteiger partial charge in [-0.25, -0.2) is 4.79 Å². The second-order valence-electron chi connectivity index (χ2n) is 12.0. The molecular formula is C30H49N3O4. The molecule has 0 aromatic heterocycles. The number of carbonyl (C=O) groups is 3. The maximum absolute atomic E-state index is 14.1. The summed E-state index contributed by atoms with van der Waals surface area (Å²) in [4.78, 5) is 42.2. The topological polar surface area (TPSA) is 87.7 Å². The quantitative estimate of drug-likeness (QED) is 0.322. The van der Waals surface area contributed by atoms with Gasteiger partial charge in [-0.1, -0.05) is 70.9 Å². The SMILES string of the molecule is C=Cc1cccc(C(C(=O)NC(C)(C)C)N(CCCCCC)C(=O)C(NC(=O)OC(C)(C)C)C(C)C)c1. The molecule has 0 spiro atoms. The molecule has 0 bridgehead atoms. The molecule has 0 aliphatic carbocycles. The maximum atomic E-state index is 14.1. The van der Waals surface area contributed by atoms with Gasteiger partial charge in [-0.05, 0) is 71.1 Å². The highest BCUT2D eigenvalue weighted by atomic mass is 16.6. The summed E-state index contributed by atoms with van der Waals surface area (Å²) in [5, 5.41) is 5.83. The van der Waals surface area contributed by atoms with Crippen LogP contribution in [0.2, 0.25) is 0 Å². The summed E-state index contributed by atoms with van der Waals surface area (Å²) in [6.07, 6.45) is 4.84. The van der Waals surface area contributed by atoms with Crippen molar-refractivity contribution in [3.63, 3.8) is 0 Å². The Bertz CT molecular complexity index is 912. The number of benzene rings is 1. The number of hydrogen-bond acceptors (Lipinski definition) is 4. The Morgan fingerprint density at radius 2 is 1.70 bits per heavy atom. The van der Waals surface area contributed by atoms with E-state index >= 15 is 0 Å². The van der Waals surface area contributed by atoms with Gasteiger partial charge in [-0.15, -0.1) is 0 Å². The molecule has 208 valence electrons. The lowest BCUT2D eigenvalue weighted by Gasteiger charge is -2.37. The Kier molecular flexibility index (Phi) is 12.4. The first kappa shape index (κ1) is 32.2. The number of rotatable bonds is 12. The summed E-state index contributed by atoms with van der Waals surface area (Å²) in [5.74, 6) is -0.795. The largest absolute Gasteiger partial charge is 0.444 e. The zero-order valence-corrected chi connectivity index (χ0v) is 24.4. The number of unbranched alkanes of at least 4 members (excludes halogenated alkanes) is 3. The Balaban J connectivity index is 3.55. The molecule has 0 aliphatic heterocycles. The van der Waals surface area contributed by atoms with Crippen LogP contribution >= 0.6 is 0 Å². The van der Waals surface area contributed by atoms with Crippen molar-refractivity contribution in [1.29, 1.82) is 0 Å². The number of nitrogens with zero attached hydrogens (tertiary/aromatic N) is 1. The lowest BCUT2D eigenvalue weighted by Crippen LogP contribution is -2.56. The number of alkyl carbamates (subject to hydrolysis) is 1. The summed E-state index contributed by atoms with van der Waals surface area (Å²) in [7, 11) is 0. The summed E-state index contributed by atoms with van der Waals surface area (Å²) >= 11 is 0. The normalized spacial score (nSPS) is 13.5. The third kappa shape index (κ3) is 11.4. The summed E-state index contributed by atoms with van der Waals surface area (Å²) in [5.41, 5.74) is 0.364. The molecule has 1 aromatic carbocycles. The minimum atomic E-state index is -0.866. The van der Waals surface area contributed by atoms with Crippen LogP contribution < -0.4 is 10.6 Å². The van der Waals surface area contributed by atoms with E-state index in [1.807, 2.05) is 58.9 Å². The Morgan fingerprint density at radius 3 is 2.22 bits per heavy atom. The third-order valence-corrected chi connectivity index (χ3v) is 5.66.